The van der Waals surface area contributed by atoms with Crippen LogP contribution in [-0.2, 0) is 9.59 Å². The van der Waals surface area contributed by atoms with Crippen LogP contribution in [0, 0.1) is 11.8 Å². The number of carboxylic acids is 2. The van der Waals surface area contributed by atoms with Gasteiger partial charge < -0.3 is 21.1 Å². The number of carbonyl (C=O) groups is 2. The van der Waals surface area contributed by atoms with Crippen molar-refractivity contribution < 1.29 is 24.9 Å². The molecule has 2 bridgehead atoms. The molecule has 2 aliphatic rings. The van der Waals surface area contributed by atoms with Crippen molar-refractivity contribution in [3.8, 4) is 0 Å². The van der Waals surface area contributed by atoms with Crippen molar-refractivity contribution in [3.63, 3.8) is 0 Å². The number of rotatable bonds is 3. The second-order valence-electron chi connectivity index (χ2n) is 6.86. The van der Waals surface area contributed by atoms with E-state index < -0.39 is 11.9 Å². The summed E-state index contributed by atoms with van der Waals surface area (Å²) in [5.74, 6) is -0.376. The number of likely N-dealkylation sites (tertiary alicyclic amines) is 1. The van der Waals surface area contributed by atoms with Crippen molar-refractivity contribution in [1.82, 2.24) is 4.90 Å². The fourth-order valence-electron chi connectivity index (χ4n) is 3.54. The normalized spacial score (nSPS) is 25.2. The Morgan fingerprint density at radius 1 is 1.08 bits per heavy atom. The molecule has 1 saturated carbocycles. The number of nitrogens with two attached hydrogens (primary N) is 1. The quantitative estimate of drug-likeness (QED) is 0.640. The van der Waals surface area contributed by atoms with Gasteiger partial charge >= 0.3 is 0 Å². The first-order chi connectivity index (χ1) is 12.2. The summed E-state index contributed by atoms with van der Waals surface area (Å²) in [6.07, 6.45) is 2.16. The highest BCUT2D eigenvalue weighted by atomic mass is 16.4. The number of hydrogen-bond donors (Lipinski definition) is 4. The summed E-state index contributed by atoms with van der Waals surface area (Å²) in [4.78, 5) is 20.4. The fraction of sp³-hybridized carbons (Fsp3) is 0.579. The summed E-state index contributed by atoms with van der Waals surface area (Å²) in [5, 5.41) is 25.1. The van der Waals surface area contributed by atoms with E-state index >= 15 is 0 Å². The summed E-state index contributed by atoms with van der Waals surface area (Å²) in [7, 11) is 0. The van der Waals surface area contributed by atoms with Crippen LogP contribution in [0.4, 0.5) is 0 Å². The molecule has 0 spiro atoms. The molecule has 26 heavy (non-hydrogen) atoms. The third kappa shape index (κ3) is 7.95. The van der Waals surface area contributed by atoms with Crippen molar-refractivity contribution in [2.75, 3.05) is 19.6 Å². The van der Waals surface area contributed by atoms with Crippen LogP contribution in [0.2, 0.25) is 0 Å². The first-order valence-electron chi connectivity index (χ1n) is 8.80. The highest BCUT2D eigenvalue weighted by molar-refractivity contribution is 5.63. The Balaban J connectivity index is 0.000000360. The van der Waals surface area contributed by atoms with Crippen LogP contribution in [0.3, 0.4) is 0 Å². The molecule has 7 heteroatoms. The van der Waals surface area contributed by atoms with Crippen molar-refractivity contribution in [2.45, 2.75) is 38.8 Å². The van der Waals surface area contributed by atoms with Gasteiger partial charge in [0.1, 0.15) is 0 Å². The molecule has 146 valence electrons. The Hall–Kier alpha value is -1.96. The lowest BCUT2D eigenvalue weighted by Gasteiger charge is -2.37. The number of carboxylic acid groups (broad SMARTS) is 2. The average molecular weight is 366 g/mol. The zero-order valence-corrected chi connectivity index (χ0v) is 15.4. The molecule has 1 heterocycles. The van der Waals surface area contributed by atoms with Gasteiger partial charge in [-0.25, -0.2) is 0 Å². The SMILES string of the molecule is CC(=O)O.CC(=O)O.NC1[C@@H]2CC[C@H]1CN(CC(O)c1ccccc1)C2. The number of hydrogen-bond acceptors (Lipinski definition) is 5. The Morgan fingerprint density at radius 2 is 1.50 bits per heavy atom. The lowest BCUT2D eigenvalue weighted by Crippen LogP contribution is -2.49. The predicted octanol–water partition coefficient (Wildman–Crippen LogP) is 1.57. The van der Waals surface area contributed by atoms with Gasteiger partial charge in [0.2, 0.25) is 0 Å². The molecular weight excluding hydrogens is 336 g/mol. The van der Waals surface area contributed by atoms with E-state index in [0.717, 1.165) is 39.0 Å². The van der Waals surface area contributed by atoms with Crippen molar-refractivity contribution >= 4 is 11.9 Å². The fourth-order valence-corrected chi connectivity index (χ4v) is 3.54. The van der Waals surface area contributed by atoms with E-state index in [-0.39, 0.29) is 6.10 Å². The zero-order chi connectivity index (χ0) is 19.7. The molecule has 1 saturated heterocycles. The number of fused-ring (bicyclic) bond motifs is 2. The van der Waals surface area contributed by atoms with Gasteiger partial charge in [0, 0.05) is 39.5 Å². The Bertz CT molecular complexity index is 532. The summed E-state index contributed by atoms with van der Waals surface area (Å²) in [5.41, 5.74) is 7.21. The molecule has 5 N–H and O–H groups in total. The molecular formula is C19H30N2O5. The van der Waals surface area contributed by atoms with Crippen LogP contribution in [0.1, 0.15) is 38.4 Å². The van der Waals surface area contributed by atoms with E-state index in [0.29, 0.717) is 17.9 Å². The first kappa shape index (κ1) is 22.1. The molecule has 3 rings (SSSR count). The molecule has 1 aliphatic heterocycles. The van der Waals surface area contributed by atoms with Gasteiger partial charge in [-0.15, -0.1) is 0 Å². The second kappa shape index (κ2) is 10.9. The van der Waals surface area contributed by atoms with E-state index in [4.69, 9.17) is 25.5 Å². The summed E-state index contributed by atoms with van der Waals surface area (Å²) in [6.45, 7) is 5.02. The average Bonchev–Trinajstić information content (AvgIpc) is 2.77. The van der Waals surface area contributed by atoms with Crippen molar-refractivity contribution in [2.24, 2.45) is 17.6 Å². The molecule has 0 amide bonds. The molecule has 2 fully saturated rings. The van der Waals surface area contributed by atoms with Crippen LogP contribution in [-0.4, -0.2) is 57.8 Å². The van der Waals surface area contributed by atoms with Crippen LogP contribution in [0.15, 0.2) is 30.3 Å². The molecule has 1 aromatic rings. The smallest absolute Gasteiger partial charge is 0.300 e. The maximum Gasteiger partial charge on any atom is 0.300 e. The van der Waals surface area contributed by atoms with E-state index in [9.17, 15) is 5.11 Å². The minimum absolute atomic E-state index is 0.375. The van der Waals surface area contributed by atoms with Gasteiger partial charge in [-0.2, -0.15) is 0 Å². The van der Waals surface area contributed by atoms with Crippen molar-refractivity contribution in [1.29, 1.82) is 0 Å². The standard InChI is InChI=1S/C15H22N2O.2C2H4O2/c16-15-12-6-7-13(15)9-17(8-12)10-14(18)11-4-2-1-3-5-11;2*1-2(3)4/h1-5,12-15,18H,6-10,16H2;2*1H3,(H,3,4)/t12-,13+,14?,15?;;. The molecule has 0 aromatic heterocycles. The molecule has 1 aliphatic carbocycles. The number of benzene rings is 1. The number of aliphatic hydroxyl groups excluding tert-OH is 1. The van der Waals surface area contributed by atoms with Gasteiger partial charge in [-0.1, -0.05) is 30.3 Å². The zero-order valence-electron chi connectivity index (χ0n) is 15.4. The number of piperidine rings is 1. The van der Waals surface area contributed by atoms with Crippen LogP contribution in [0.5, 0.6) is 0 Å². The van der Waals surface area contributed by atoms with Crippen molar-refractivity contribution in [3.05, 3.63) is 35.9 Å². The van der Waals surface area contributed by atoms with E-state index in [1.54, 1.807) is 0 Å². The lowest BCUT2D eigenvalue weighted by molar-refractivity contribution is -0.135. The molecule has 4 atom stereocenters. The third-order valence-corrected chi connectivity index (χ3v) is 4.60. The predicted molar refractivity (Wildman–Crippen MR) is 98.7 cm³/mol. The highest BCUT2D eigenvalue weighted by Crippen LogP contribution is 2.36. The summed E-state index contributed by atoms with van der Waals surface area (Å²) >= 11 is 0. The molecule has 1 aromatic carbocycles. The van der Waals surface area contributed by atoms with Crippen LogP contribution in [0.25, 0.3) is 0 Å². The number of aliphatic carboxylic acids is 2. The highest BCUT2D eigenvalue weighted by Gasteiger charge is 2.39. The van der Waals surface area contributed by atoms with Crippen LogP contribution >= 0.6 is 0 Å². The second-order valence-corrected chi connectivity index (χ2v) is 6.86. The largest absolute Gasteiger partial charge is 0.481 e. The summed E-state index contributed by atoms with van der Waals surface area (Å²) in [6, 6.07) is 10.3. The summed E-state index contributed by atoms with van der Waals surface area (Å²) < 4.78 is 0. The molecule has 2 unspecified atom stereocenters. The Morgan fingerprint density at radius 3 is 1.92 bits per heavy atom. The van der Waals surface area contributed by atoms with Gasteiger partial charge in [-0.3, -0.25) is 14.5 Å². The lowest BCUT2D eigenvalue weighted by atomic mass is 9.92. The number of nitrogens with zero attached hydrogens (tertiary/aromatic N) is 1. The van der Waals surface area contributed by atoms with E-state index in [2.05, 4.69) is 4.90 Å². The molecule has 0 radical (unpaired) electrons. The Labute approximate surface area is 154 Å². The van der Waals surface area contributed by atoms with E-state index in [1.807, 2.05) is 30.3 Å². The third-order valence-electron chi connectivity index (χ3n) is 4.60. The minimum atomic E-state index is -0.833. The van der Waals surface area contributed by atoms with Gasteiger partial charge in [0.25, 0.3) is 11.9 Å². The van der Waals surface area contributed by atoms with Gasteiger partial charge in [0.05, 0.1) is 6.10 Å². The van der Waals surface area contributed by atoms with E-state index in [1.165, 1.54) is 12.8 Å². The van der Waals surface area contributed by atoms with Crippen LogP contribution < -0.4 is 5.73 Å². The number of aliphatic hydroxyl groups is 1. The first-order valence-corrected chi connectivity index (χ1v) is 8.80. The maximum absolute atomic E-state index is 10.3. The maximum atomic E-state index is 10.3. The van der Waals surface area contributed by atoms with Gasteiger partial charge in [-0.05, 0) is 30.2 Å². The monoisotopic (exact) mass is 366 g/mol. The van der Waals surface area contributed by atoms with Gasteiger partial charge in [0.15, 0.2) is 0 Å². The minimum Gasteiger partial charge on any atom is -0.481 e. The molecule has 7 nitrogen and oxygen atoms in total. The Kier molecular flexibility index (Phi) is 9.26. The number of β-amino-alcohol motifs (C(OH)–C–C–N with tert-alkyl or cyclic N) is 1. The topological polar surface area (TPSA) is 124 Å².